The molecule has 0 bridgehead atoms. The number of rotatable bonds is 6. The monoisotopic (exact) mass is 425 g/mol. The lowest BCUT2D eigenvalue weighted by atomic mass is 9.69. The maximum absolute atomic E-state index is 12.6. The summed E-state index contributed by atoms with van der Waals surface area (Å²) in [5.41, 5.74) is 3.97. The lowest BCUT2D eigenvalue weighted by Crippen LogP contribution is -2.28. The topological polar surface area (TPSA) is 55.4 Å². The van der Waals surface area contributed by atoms with E-state index >= 15 is 0 Å². The van der Waals surface area contributed by atoms with Gasteiger partial charge in [-0.3, -0.25) is 4.79 Å². The molecule has 0 fully saturated rings. The highest BCUT2D eigenvalue weighted by atomic mass is 32.1. The van der Waals surface area contributed by atoms with Crippen LogP contribution in [0.3, 0.4) is 0 Å². The standard InChI is InChI=1S/C25H31NO3S/c1-6-25(3,4)18-12-13-19-20(15-18)30-23(22(19)24(28)29-5)26-21(27)14-11-17-9-7-16(2)8-10-17/h7-11,14,18H,6,12-13,15H2,1-5H3,(H,26,27)/b14-11+/t18-/m0/s1. The van der Waals surface area contributed by atoms with E-state index in [2.05, 4.69) is 26.1 Å². The van der Waals surface area contributed by atoms with E-state index in [1.807, 2.05) is 31.2 Å². The highest BCUT2D eigenvalue weighted by molar-refractivity contribution is 7.17. The summed E-state index contributed by atoms with van der Waals surface area (Å²) in [6.45, 7) is 8.89. The minimum atomic E-state index is -0.376. The molecule has 30 heavy (non-hydrogen) atoms. The Kier molecular flexibility index (Phi) is 6.81. The number of hydrogen-bond acceptors (Lipinski definition) is 4. The Morgan fingerprint density at radius 2 is 1.97 bits per heavy atom. The molecule has 5 heteroatoms. The second kappa shape index (κ2) is 9.17. The van der Waals surface area contributed by atoms with Crippen molar-refractivity contribution in [2.45, 2.75) is 53.4 Å². The number of ether oxygens (including phenoxy) is 1. The van der Waals surface area contributed by atoms with Gasteiger partial charge in [0.25, 0.3) is 0 Å². The molecule has 1 aromatic carbocycles. The molecule has 0 radical (unpaired) electrons. The molecule has 3 rings (SSSR count). The number of anilines is 1. The zero-order chi connectivity index (χ0) is 21.9. The van der Waals surface area contributed by atoms with Crippen LogP contribution >= 0.6 is 11.3 Å². The summed E-state index contributed by atoms with van der Waals surface area (Å²) in [4.78, 5) is 26.3. The highest BCUT2D eigenvalue weighted by Gasteiger charge is 2.35. The first-order chi connectivity index (χ1) is 14.2. The van der Waals surface area contributed by atoms with Gasteiger partial charge < -0.3 is 10.1 Å². The Labute approximate surface area is 183 Å². The summed E-state index contributed by atoms with van der Waals surface area (Å²) < 4.78 is 5.04. The molecule has 0 spiro atoms. The van der Waals surface area contributed by atoms with Crippen molar-refractivity contribution in [3.8, 4) is 0 Å². The predicted molar refractivity (Wildman–Crippen MR) is 124 cm³/mol. The number of aryl methyl sites for hydroxylation is 1. The molecule has 0 saturated carbocycles. The molecule has 1 aromatic heterocycles. The van der Waals surface area contributed by atoms with E-state index in [1.165, 1.54) is 35.0 Å². The minimum Gasteiger partial charge on any atom is -0.465 e. The van der Waals surface area contributed by atoms with Crippen LogP contribution < -0.4 is 5.32 Å². The fraction of sp³-hybridized carbons (Fsp3) is 0.440. The third-order valence-corrected chi connectivity index (χ3v) is 7.58. The number of carbonyl (C=O) groups excluding carboxylic acids is 2. The summed E-state index contributed by atoms with van der Waals surface area (Å²) in [7, 11) is 1.39. The van der Waals surface area contributed by atoms with E-state index in [4.69, 9.17) is 4.74 Å². The van der Waals surface area contributed by atoms with Crippen molar-refractivity contribution in [3.05, 3.63) is 57.5 Å². The van der Waals surface area contributed by atoms with Gasteiger partial charge in [-0.1, -0.05) is 57.0 Å². The average Bonchev–Trinajstić information content (AvgIpc) is 3.09. The lowest BCUT2D eigenvalue weighted by Gasteiger charge is -2.36. The van der Waals surface area contributed by atoms with E-state index in [0.29, 0.717) is 16.5 Å². The SMILES string of the molecule is CCC(C)(C)[C@H]1CCc2c(sc(NC(=O)/C=C/c3ccc(C)cc3)c2C(=O)OC)C1. The maximum Gasteiger partial charge on any atom is 0.341 e. The molecule has 0 saturated heterocycles. The van der Waals surface area contributed by atoms with Crippen LogP contribution in [0.15, 0.2) is 30.3 Å². The first-order valence-electron chi connectivity index (χ1n) is 10.5. The van der Waals surface area contributed by atoms with Gasteiger partial charge in [0.2, 0.25) is 5.91 Å². The van der Waals surface area contributed by atoms with Gasteiger partial charge in [-0.25, -0.2) is 4.79 Å². The van der Waals surface area contributed by atoms with E-state index in [-0.39, 0.29) is 17.3 Å². The molecule has 0 unspecified atom stereocenters. The van der Waals surface area contributed by atoms with Crippen molar-refractivity contribution in [1.82, 2.24) is 0 Å². The van der Waals surface area contributed by atoms with E-state index < -0.39 is 0 Å². The highest BCUT2D eigenvalue weighted by Crippen LogP contribution is 2.45. The lowest BCUT2D eigenvalue weighted by molar-refractivity contribution is -0.111. The molecule has 1 aliphatic carbocycles. The molecule has 1 heterocycles. The zero-order valence-electron chi connectivity index (χ0n) is 18.5. The van der Waals surface area contributed by atoms with Gasteiger partial charge in [0.1, 0.15) is 5.00 Å². The third-order valence-electron chi connectivity index (χ3n) is 6.41. The van der Waals surface area contributed by atoms with Crippen molar-refractivity contribution in [1.29, 1.82) is 0 Å². The Bertz CT molecular complexity index is 954. The predicted octanol–water partition coefficient (Wildman–Crippen LogP) is 6.04. The number of thiophene rings is 1. The fourth-order valence-corrected chi connectivity index (χ4v) is 5.27. The van der Waals surface area contributed by atoms with Gasteiger partial charge in [0.05, 0.1) is 12.7 Å². The largest absolute Gasteiger partial charge is 0.465 e. The molecule has 1 amide bonds. The first-order valence-corrected chi connectivity index (χ1v) is 11.4. The molecular formula is C25H31NO3S. The van der Waals surface area contributed by atoms with Crippen molar-refractivity contribution in [3.63, 3.8) is 0 Å². The van der Waals surface area contributed by atoms with Gasteiger partial charge in [0.15, 0.2) is 0 Å². The van der Waals surface area contributed by atoms with Crippen molar-refractivity contribution < 1.29 is 14.3 Å². The summed E-state index contributed by atoms with van der Waals surface area (Å²) >= 11 is 1.52. The third kappa shape index (κ3) is 4.84. The Hall–Kier alpha value is -2.40. The minimum absolute atomic E-state index is 0.246. The van der Waals surface area contributed by atoms with Crippen LogP contribution in [0.2, 0.25) is 0 Å². The van der Waals surface area contributed by atoms with Crippen LogP contribution in [0, 0.1) is 18.3 Å². The van der Waals surface area contributed by atoms with Crippen LogP contribution in [-0.2, 0) is 22.4 Å². The summed E-state index contributed by atoms with van der Waals surface area (Å²) in [5, 5.41) is 3.52. The van der Waals surface area contributed by atoms with Crippen LogP contribution in [0.1, 0.15) is 65.5 Å². The van der Waals surface area contributed by atoms with Crippen LogP contribution in [0.25, 0.3) is 6.08 Å². The van der Waals surface area contributed by atoms with E-state index in [1.54, 1.807) is 6.08 Å². The maximum atomic E-state index is 12.6. The number of esters is 1. The zero-order valence-corrected chi connectivity index (χ0v) is 19.3. The summed E-state index contributed by atoms with van der Waals surface area (Å²) in [6, 6.07) is 7.96. The second-order valence-corrected chi connectivity index (χ2v) is 9.82. The normalized spacial score (nSPS) is 16.4. The van der Waals surface area contributed by atoms with Gasteiger partial charge >= 0.3 is 5.97 Å². The average molecular weight is 426 g/mol. The van der Waals surface area contributed by atoms with Gasteiger partial charge in [-0.05, 0) is 54.7 Å². The number of hydrogen-bond donors (Lipinski definition) is 1. The van der Waals surface area contributed by atoms with Gasteiger partial charge in [-0.15, -0.1) is 11.3 Å². The molecule has 1 N–H and O–H groups in total. The summed E-state index contributed by atoms with van der Waals surface area (Å²) in [6.07, 6.45) is 7.25. The Morgan fingerprint density at radius 1 is 1.27 bits per heavy atom. The Morgan fingerprint density at radius 3 is 2.60 bits per heavy atom. The van der Waals surface area contributed by atoms with Gasteiger partial charge in [-0.2, -0.15) is 0 Å². The van der Waals surface area contributed by atoms with Crippen LogP contribution in [0.4, 0.5) is 5.00 Å². The van der Waals surface area contributed by atoms with E-state index in [0.717, 1.165) is 36.8 Å². The smallest absolute Gasteiger partial charge is 0.341 e. The number of methoxy groups -OCH3 is 1. The Balaban J connectivity index is 1.83. The molecule has 1 atom stereocenters. The number of fused-ring (bicyclic) bond motifs is 1. The molecule has 1 aliphatic rings. The van der Waals surface area contributed by atoms with Crippen LogP contribution in [-0.4, -0.2) is 19.0 Å². The van der Waals surface area contributed by atoms with E-state index in [9.17, 15) is 9.59 Å². The second-order valence-electron chi connectivity index (χ2n) is 8.71. The van der Waals surface area contributed by atoms with Crippen molar-refractivity contribution >= 4 is 34.3 Å². The fourth-order valence-electron chi connectivity index (χ4n) is 3.95. The van der Waals surface area contributed by atoms with Crippen LogP contribution in [0.5, 0.6) is 0 Å². The first kappa shape index (κ1) is 22.3. The summed E-state index contributed by atoms with van der Waals surface area (Å²) in [5.74, 6) is -0.0487. The van der Waals surface area contributed by atoms with Crippen molar-refractivity contribution in [2.24, 2.45) is 11.3 Å². The van der Waals surface area contributed by atoms with Gasteiger partial charge in [0, 0.05) is 11.0 Å². The number of nitrogens with one attached hydrogen (secondary N) is 1. The number of benzene rings is 1. The molecule has 160 valence electrons. The number of carbonyl (C=O) groups is 2. The molecule has 0 aliphatic heterocycles. The molecular weight excluding hydrogens is 394 g/mol. The van der Waals surface area contributed by atoms with Crippen molar-refractivity contribution in [2.75, 3.05) is 12.4 Å². The quantitative estimate of drug-likeness (QED) is 0.454. The molecule has 2 aromatic rings. The molecule has 4 nitrogen and oxygen atoms in total. The number of amides is 1.